The first-order valence-corrected chi connectivity index (χ1v) is 12.4. The molecule has 1 aliphatic rings. The monoisotopic (exact) mass is 501 g/mol. The summed E-state index contributed by atoms with van der Waals surface area (Å²) >= 11 is 0. The van der Waals surface area contributed by atoms with Gasteiger partial charge >= 0.3 is 5.69 Å². The van der Waals surface area contributed by atoms with Crippen molar-refractivity contribution in [3.8, 4) is 0 Å². The number of H-pyrrole nitrogens is 1. The smallest absolute Gasteiger partial charge is 0.364 e. The van der Waals surface area contributed by atoms with Gasteiger partial charge in [0.2, 0.25) is 0 Å². The van der Waals surface area contributed by atoms with Crippen LogP contribution in [0.5, 0.6) is 0 Å². The molecule has 12 heteroatoms. The van der Waals surface area contributed by atoms with Crippen molar-refractivity contribution in [1.82, 2.24) is 20.0 Å². The van der Waals surface area contributed by atoms with Crippen LogP contribution in [0.25, 0.3) is 5.57 Å². The van der Waals surface area contributed by atoms with Gasteiger partial charge in [-0.2, -0.15) is 8.42 Å². The van der Waals surface area contributed by atoms with Crippen LogP contribution in [0.2, 0.25) is 0 Å². The van der Waals surface area contributed by atoms with Crippen molar-refractivity contribution in [3.05, 3.63) is 81.0 Å². The van der Waals surface area contributed by atoms with Crippen molar-refractivity contribution in [2.24, 2.45) is 5.92 Å². The summed E-state index contributed by atoms with van der Waals surface area (Å²) in [4.78, 5) is 15.6. The summed E-state index contributed by atoms with van der Waals surface area (Å²) in [6.45, 7) is 4.49. The molecule has 0 fully saturated rings. The number of aromatic nitrogens is 4. The summed E-state index contributed by atoms with van der Waals surface area (Å²) < 4.78 is 45.3. The molecule has 0 spiro atoms. The van der Waals surface area contributed by atoms with Crippen LogP contribution in [-0.4, -0.2) is 55.4 Å². The largest absolute Gasteiger partial charge is 0.382 e. The highest BCUT2D eigenvalue weighted by Gasteiger charge is 2.38. The zero-order valence-electron chi connectivity index (χ0n) is 19.7. The quantitative estimate of drug-likeness (QED) is 0.419. The molecule has 0 saturated heterocycles. The van der Waals surface area contributed by atoms with E-state index in [9.17, 15) is 13.2 Å². The highest BCUT2D eigenvalue weighted by molar-refractivity contribution is 7.97. The lowest BCUT2D eigenvalue weighted by Gasteiger charge is -2.27. The summed E-state index contributed by atoms with van der Waals surface area (Å²) in [5.41, 5.74) is 1.44. The number of anilines is 1. The number of nitrogens with one attached hydrogen (secondary N) is 1. The van der Waals surface area contributed by atoms with Crippen molar-refractivity contribution in [3.63, 3.8) is 0 Å². The van der Waals surface area contributed by atoms with E-state index in [1.807, 2.05) is 36.4 Å². The third kappa shape index (κ3) is 4.99. The standard InChI is InChI=1S/C23H27N5O6S/c1-16-17(2)26-34-22(16)28(27-23(29)24-15-25-27)35(30,31)21-13-18(14-33-12-11-32-3)9-10-20(21)19-7-5-4-6-8-19/h4-8,10,13,15,18H,9,11-12,14H2,1-3H3,(H,24,25,29). The van der Waals surface area contributed by atoms with Crippen LogP contribution < -0.4 is 10.1 Å². The fourth-order valence-electron chi connectivity index (χ4n) is 3.69. The molecule has 0 bridgehead atoms. The van der Waals surface area contributed by atoms with Gasteiger partial charge < -0.3 is 14.0 Å². The Kier molecular flexibility index (Phi) is 7.34. The second-order valence-electron chi connectivity index (χ2n) is 8.01. The molecule has 186 valence electrons. The maximum absolute atomic E-state index is 14.3. The second-order valence-corrected chi connectivity index (χ2v) is 9.74. The summed E-state index contributed by atoms with van der Waals surface area (Å²) in [6, 6.07) is 9.19. The van der Waals surface area contributed by atoms with Gasteiger partial charge in [-0.25, -0.2) is 4.79 Å². The second kappa shape index (κ2) is 10.4. The summed E-state index contributed by atoms with van der Waals surface area (Å²) in [7, 11) is -2.82. The molecule has 35 heavy (non-hydrogen) atoms. The summed E-state index contributed by atoms with van der Waals surface area (Å²) in [6.07, 6.45) is 5.22. The highest BCUT2D eigenvalue weighted by Crippen LogP contribution is 2.38. The first kappa shape index (κ1) is 24.6. The van der Waals surface area contributed by atoms with Crippen molar-refractivity contribution < 1.29 is 22.4 Å². The SMILES string of the molecule is COCCOCC1C=C(S(=O)(=O)N(c2onc(C)c2C)n2nc[nH]c2=O)C(c2ccccc2)=CC1. The van der Waals surface area contributed by atoms with Gasteiger partial charge in [0.15, 0.2) is 0 Å². The van der Waals surface area contributed by atoms with E-state index in [4.69, 9.17) is 14.0 Å². The van der Waals surface area contributed by atoms with E-state index in [-0.39, 0.29) is 16.7 Å². The van der Waals surface area contributed by atoms with E-state index < -0.39 is 15.7 Å². The fraction of sp³-hybridized carbons (Fsp3) is 0.348. The van der Waals surface area contributed by atoms with Crippen LogP contribution in [0.15, 0.2) is 63.0 Å². The number of aryl methyl sites for hydroxylation is 1. The number of nitrogens with zero attached hydrogens (tertiary/aromatic N) is 4. The number of methoxy groups -OCH3 is 1. The summed E-state index contributed by atoms with van der Waals surface area (Å²) in [5, 5.41) is 7.80. The van der Waals surface area contributed by atoms with Crippen LogP contribution >= 0.6 is 0 Å². The average molecular weight is 502 g/mol. The number of ether oxygens (including phenoxy) is 2. The van der Waals surface area contributed by atoms with Gasteiger partial charge in [0, 0.05) is 18.6 Å². The Morgan fingerprint density at radius 3 is 2.63 bits per heavy atom. The van der Waals surface area contributed by atoms with E-state index in [1.165, 1.54) is 0 Å². The van der Waals surface area contributed by atoms with Gasteiger partial charge in [0.25, 0.3) is 15.9 Å². The minimum Gasteiger partial charge on any atom is -0.382 e. The van der Waals surface area contributed by atoms with E-state index in [2.05, 4.69) is 15.2 Å². The van der Waals surface area contributed by atoms with Gasteiger partial charge in [-0.05, 0) is 31.4 Å². The van der Waals surface area contributed by atoms with Crippen LogP contribution in [0, 0.1) is 19.8 Å². The molecule has 4 rings (SSSR count). The molecule has 1 unspecified atom stereocenters. The molecule has 0 saturated carbocycles. The lowest BCUT2D eigenvalue weighted by Crippen LogP contribution is -2.44. The van der Waals surface area contributed by atoms with Crippen molar-refractivity contribution in [1.29, 1.82) is 0 Å². The fourth-order valence-corrected chi connectivity index (χ4v) is 5.43. The van der Waals surface area contributed by atoms with E-state index >= 15 is 0 Å². The molecule has 2 heterocycles. The lowest BCUT2D eigenvalue weighted by atomic mass is 9.93. The number of allylic oxidation sites excluding steroid dienone is 2. The number of hydrogen-bond donors (Lipinski definition) is 1. The predicted molar refractivity (Wildman–Crippen MR) is 129 cm³/mol. The van der Waals surface area contributed by atoms with E-state index in [1.54, 1.807) is 27.0 Å². The molecule has 2 aromatic heterocycles. The topological polar surface area (TPSA) is 133 Å². The minimum absolute atomic E-state index is 0.0126. The van der Waals surface area contributed by atoms with Crippen molar-refractivity contribution >= 4 is 21.5 Å². The zero-order chi connectivity index (χ0) is 25.0. The first-order valence-electron chi connectivity index (χ1n) is 11.0. The number of rotatable bonds is 10. The molecule has 0 amide bonds. The Morgan fingerprint density at radius 2 is 2.00 bits per heavy atom. The molecule has 1 aliphatic carbocycles. The molecule has 11 nitrogen and oxygen atoms in total. The van der Waals surface area contributed by atoms with Gasteiger partial charge in [-0.15, -0.1) is 9.51 Å². The number of hydrogen-bond acceptors (Lipinski definition) is 8. The normalized spacial score (nSPS) is 16.1. The highest BCUT2D eigenvalue weighted by atomic mass is 32.2. The van der Waals surface area contributed by atoms with Crippen LogP contribution in [-0.2, 0) is 19.5 Å². The Morgan fingerprint density at radius 1 is 1.23 bits per heavy atom. The zero-order valence-corrected chi connectivity index (χ0v) is 20.5. The molecule has 1 N–H and O–H groups in total. The molecule has 0 aliphatic heterocycles. The first-order chi connectivity index (χ1) is 16.8. The Labute approximate surface area is 202 Å². The molecular weight excluding hydrogens is 474 g/mol. The van der Waals surface area contributed by atoms with Gasteiger partial charge in [0.1, 0.15) is 6.33 Å². The van der Waals surface area contributed by atoms with Crippen molar-refractivity contribution in [2.45, 2.75) is 20.3 Å². The average Bonchev–Trinajstić information content (AvgIpc) is 3.42. The molecule has 1 aromatic carbocycles. The summed E-state index contributed by atoms with van der Waals surface area (Å²) in [5.74, 6) is -0.331. The Hall–Kier alpha value is -3.48. The van der Waals surface area contributed by atoms with Gasteiger partial charge in [0.05, 0.1) is 30.4 Å². The van der Waals surface area contributed by atoms with Crippen molar-refractivity contribution in [2.75, 3.05) is 31.3 Å². The van der Waals surface area contributed by atoms with Crippen LogP contribution in [0.1, 0.15) is 23.2 Å². The number of benzene rings is 1. The number of aromatic amines is 1. The maximum atomic E-state index is 14.3. The van der Waals surface area contributed by atoms with E-state index in [0.29, 0.717) is 47.9 Å². The maximum Gasteiger partial charge on any atom is 0.364 e. The minimum atomic E-state index is -4.40. The lowest BCUT2D eigenvalue weighted by molar-refractivity contribution is 0.0589. The van der Waals surface area contributed by atoms with Crippen LogP contribution in [0.4, 0.5) is 5.88 Å². The molecule has 1 atom stereocenters. The van der Waals surface area contributed by atoms with E-state index in [0.717, 1.165) is 16.3 Å². The molecule has 0 radical (unpaired) electrons. The van der Waals surface area contributed by atoms with Crippen LogP contribution in [0.3, 0.4) is 0 Å². The van der Waals surface area contributed by atoms with Gasteiger partial charge in [-0.3, -0.25) is 4.98 Å². The Balaban J connectivity index is 1.83. The molecule has 3 aromatic rings. The third-order valence-electron chi connectivity index (χ3n) is 5.65. The number of sulfonamides is 1. The Bertz CT molecular complexity index is 1390. The van der Waals surface area contributed by atoms with Gasteiger partial charge in [-0.1, -0.05) is 52.4 Å². The molecular formula is C23H27N5O6S. The predicted octanol–water partition coefficient (Wildman–Crippen LogP) is 2.43. The third-order valence-corrected chi connectivity index (χ3v) is 7.33.